The number of fused-ring (bicyclic) bond motifs is 1. The van der Waals surface area contributed by atoms with Crippen molar-refractivity contribution in [3.8, 4) is 0 Å². The van der Waals surface area contributed by atoms with E-state index in [-0.39, 0.29) is 12.4 Å². The maximum absolute atomic E-state index is 13.7. The van der Waals surface area contributed by atoms with Crippen molar-refractivity contribution in [1.82, 2.24) is 10.3 Å². The molecule has 0 aliphatic carbocycles. The van der Waals surface area contributed by atoms with Crippen molar-refractivity contribution < 1.29 is 9.02 Å². The fourth-order valence-electron chi connectivity index (χ4n) is 1.91. The van der Waals surface area contributed by atoms with Gasteiger partial charge < -0.3 is 11.1 Å². The lowest BCUT2D eigenvalue weighted by Crippen LogP contribution is -2.05. The van der Waals surface area contributed by atoms with E-state index in [4.69, 9.17) is 17.3 Å². The molecule has 0 fully saturated rings. The molecule has 1 heterocycles. The van der Waals surface area contributed by atoms with Crippen LogP contribution in [0.4, 0.5) is 15.8 Å². The normalized spacial score (nSPS) is 10.9. The molecule has 3 rings (SSSR count). The van der Waals surface area contributed by atoms with Gasteiger partial charge in [-0.1, -0.05) is 17.7 Å². The van der Waals surface area contributed by atoms with Crippen molar-refractivity contribution in [2.45, 2.75) is 6.54 Å². The summed E-state index contributed by atoms with van der Waals surface area (Å²) in [6, 6.07) is 8.00. The molecule has 0 bridgehead atoms. The van der Waals surface area contributed by atoms with E-state index >= 15 is 0 Å². The smallest absolute Gasteiger partial charge is 0.160 e. The Morgan fingerprint density at radius 3 is 2.90 bits per heavy atom. The summed E-state index contributed by atoms with van der Waals surface area (Å²) in [5, 5.41) is 10.8. The van der Waals surface area contributed by atoms with Gasteiger partial charge in [0.25, 0.3) is 0 Å². The lowest BCUT2D eigenvalue weighted by molar-refractivity contribution is 0.315. The zero-order valence-corrected chi connectivity index (χ0v) is 11.0. The van der Waals surface area contributed by atoms with Gasteiger partial charge in [-0.3, -0.25) is 0 Å². The van der Waals surface area contributed by atoms with Crippen LogP contribution in [0.15, 0.2) is 35.0 Å². The Bertz CT molecular complexity index is 754. The van der Waals surface area contributed by atoms with Crippen LogP contribution in [-0.2, 0) is 6.54 Å². The number of nitrogens with one attached hydrogen (secondary N) is 1. The van der Waals surface area contributed by atoms with E-state index in [1.807, 2.05) is 0 Å². The molecule has 0 saturated carbocycles. The average molecular weight is 293 g/mol. The number of hydrogen-bond acceptors (Lipinski definition) is 5. The van der Waals surface area contributed by atoms with Crippen LogP contribution >= 0.6 is 11.6 Å². The Morgan fingerprint density at radius 2 is 2.10 bits per heavy atom. The second kappa shape index (κ2) is 4.97. The van der Waals surface area contributed by atoms with Gasteiger partial charge in [0.2, 0.25) is 0 Å². The number of nitrogens with two attached hydrogens (primary N) is 1. The molecular weight excluding hydrogens is 283 g/mol. The standard InChI is InChI=1S/C13H10ClFN4O/c14-8-2-1-3-9(15)7(8)6-17-10-4-5-11-13(12(10)16)19-20-18-11/h1-5,17H,6,16H2. The van der Waals surface area contributed by atoms with Crippen LogP contribution in [0.3, 0.4) is 0 Å². The molecule has 20 heavy (non-hydrogen) atoms. The third kappa shape index (κ3) is 2.14. The van der Waals surface area contributed by atoms with Gasteiger partial charge in [-0.15, -0.1) is 0 Å². The van der Waals surface area contributed by atoms with Gasteiger partial charge in [-0.2, -0.15) is 0 Å². The summed E-state index contributed by atoms with van der Waals surface area (Å²) >= 11 is 5.96. The van der Waals surface area contributed by atoms with Crippen LogP contribution in [0.5, 0.6) is 0 Å². The highest BCUT2D eigenvalue weighted by atomic mass is 35.5. The van der Waals surface area contributed by atoms with Crippen molar-refractivity contribution in [1.29, 1.82) is 0 Å². The molecule has 0 aliphatic rings. The molecular formula is C13H10ClFN4O. The summed E-state index contributed by atoms with van der Waals surface area (Å²) in [5.41, 5.74) is 8.38. The zero-order valence-electron chi connectivity index (χ0n) is 10.2. The highest BCUT2D eigenvalue weighted by molar-refractivity contribution is 6.31. The number of rotatable bonds is 3. The van der Waals surface area contributed by atoms with E-state index in [2.05, 4.69) is 20.3 Å². The molecule has 5 nitrogen and oxygen atoms in total. The number of benzene rings is 2. The van der Waals surface area contributed by atoms with E-state index in [0.29, 0.717) is 33.0 Å². The maximum Gasteiger partial charge on any atom is 0.160 e. The van der Waals surface area contributed by atoms with Crippen LogP contribution in [-0.4, -0.2) is 10.3 Å². The highest BCUT2D eigenvalue weighted by Crippen LogP contribution is 2.27. The summed E-state index contributed by atoms with van der Waals surface area (Å²) in [5.74, 6) is -0.368. The second-order valence-electron chi connectivity index (χ2n) is 4.21. The molecule has 7 heteroatoms. The first-order chi connectivity index (χ1) is 9.66. The Hall–Kier alpha value is -2.34. The summed E-state index contributed by atoms with van der Waals surface area (Å²) in [4.78, 5) is 0. The third-order valence-electron chi connectivity index (χ3n) is 2.98. The molecule has 0 atom stereocenters. The Balaban J connectivity index is 1.88. The third-order valence-corrected chi connectivity index (χ3v) is 3.34. The van der Waals surface area contributed by atoms with Crippen LogP contribution in [0.1, 0.15) is 5.56 Å². The topological polar surface area (TPSA) is 77.0 Å². The quantitative estimate of drug-likeness (QED) is 0.725. The Labute approximate surface area is 118 Å². The molecule has 102 valence electrons. The molecule has 2 aromatic carbocycles. The van der Waals surface area contributed by atoms with E-state index in [1.165, 1.54) is 6.07 Å². The molecule has 1 aromatic heterocycles. The van der Waals surface area contributed by atoms with Crippen molar-refractivity contribution in [3.63, 3.8) is 0 Å². The minimum absolute atomic E-state index is 0.215. The van der Waals surface area contributed by atoms with Crippen molar-refractivity contribution in [3.05, 3.63) is 46.7 Å². The summed E-state index contributed by atoms with van der Waals surface area (Å²) < 4.78 is 18.3. The zero-order chi connectivity index (χ0) is 14.1. The predicted octanol–water partition coefficient (Wildman–Crippen LogP) is 3.21. The van der Waals surface area contributed by atoms with E-state index in [1.54, 1.807) is 24.3 Å². The minimum Gasteiger partial charge on any atom is -0.395 e. The largest absolute Gasteiger partial charge is 0.395 e. The number of nitrogen functional groups attached to an aromatic ring is 1. The van der Waals surface area contributed by atoms with Gasteiger partial charge in [-0.05, 0) is 34.6 Å². The van der Waals surface area contributed by atoms with Gasteiger partial charge in [0.15, 0.2) is 5.52 Å². The Morgan fingerprint density at radius 1 is 1.25 bits per heavy atom. The van der Waals surface area contributed by atoms with E-state index < -0.39 is 0 Å². The van der Waals surface area contributed by atoms with Crippen LogP contribution < -0.4 is 11.1 Å². The molecule has 0 unspecified atom stereocenters. The molecule has 3 N–H and O–H groups in total. The predicted molar refractivity (Wildman–Crippen MR) is 75.0 cm³/mol. The van der Waals surface area contributed by atoms with Gasteiger partial charge in [0, 0.05) is 17.1 Å². The summed E-state index contributed by atoms with van der Waals surface area (Å²) in [6.07, 6.45) is 0. The van der Waals surface area contributed by atoms with Crippen LogP contribution in [0.25, 0.3) is 11.0 Å². The van der Waals surface area contributed by atoms with Gasteiger partial charge >= 0.3 is 0 Å². The number of aromatic nitrogens is 2. The van der Waals surface area contributed by atoms with Gasteiger partial charge in [-0.25, -0.2) is 9.02 Å². The fourth-order valence-corrected chi connectivity index (χ4v) is 2.14. The van der Waals surface area contributed by atoms with E-state index in [9.17, 15) is 4.39 Å². The summed E-state index contributed by atoms with van der Waals surface area (Å²) in [7, 11) is 0. The van der Waals surface area contributed by atoms with E-state index in [0.717, 1.165) is 0 Å². The van der Waals surface area contributed by atoms with Crippen LogP contribution in [0, 0.1) is 5.82 Å². The highest BCUT2D eigenvalue weighted by Gasteiger charge is 2.11. The molecule has 0 spiro atoms. The summed E-state index contributed by atoms with van der Waals surface area (Å²) in [6.45, 7) is 0.215. The number of halogens is 2. The maximum atomic E-state index is 13.7. The first kappa shape index (κ1) is 12.7. The van der Waals surface area contributed by atoms with Crippen molar-refractivity contribution in [2.75, 3.05) is 11.1 Å². The lowest BCUT2D eigenvalue weighted by atomic mass is 10.2. The Kier molecular flexibility index (Phi) is 3.15. The van der Waals surface area contributed by atoms with Crippen molar-refractivity contribution >= 4 is 34.0 Å². The molecule has 0 aliphatic heterocycles. The fraction of sp³-hybridized carbons (Fsp3) is 0.0769. The molecule has 0 radical (unpaired) electrons. The monoisotopic (exact) mass is 292 g/mol. The average Bonchev–Trinajstić information content (AvgIpc) is 2.89. The van der Waals surface area contributed by atoms with Crippen molar-refractivity contribution in [2.24, 2.45) is 0 Å². The first-order valence-electron chi connectivity index (χ1n) is 5.84. The van der Waals surface area contributed by atoms with Crippen LogP contribution in [0.2, 0.25) is 5.02 Å². The molecule has 0 amide bonds. The first-order valence-corrected chi connectivity index (χ1v) is 6.22. The number of anilines is 2. The van der Waals surface area contributed by atoms with Gasteiger partial charge in [0.05, 0.1) is 11.4 Å². The molecule has 3 aromatic rings. The molecule has 0 saturated heterocycles. The second-order valence-corrected chi connectivity index (χ2v) is 4.62. The SMILES string of the molecule is Nc1c(NCc2c(F)cccc2Cl)ccc2nonc12. The lowest BCUT2D eigenvalue weighted by Gasteiger charge is -2.11. The minimum atomic E-state index is -0.368. The van der Waals surface area contributed by atoms with Gasteiger partial charge in [0.1, 0.15) is 11.3 Å². The number of hydrogen-bond donors (Lipinski definition) is 2. The number of nitrogens with zero attached hydrogens (tertiary/aromatic N) is 2.